The molecule has 0 aliphatic heterocycles. The minimum absolute atomic E-state index is 0.0241. The van der Waals surface area contributed by atoms with E-state index in [1.807, 2.05) is 6.07 Å². The van der Waals surface area contributed by atoms with Crippen LogP contribution in [0.1, 0.15) is 26.7 Å². The molecule has 0 spiro atoms. The van der Waals surface area contributed by atoms with Crippen molar-refractivity contribution in [2.24, 2.45) is 5.41 Å². The number of aliphatic hydroxyl groups is 1. The summed E-state index contributed by atoms with van der Waals surface area (Å²) in [5, 5.41) is 20.5. The first-order chi connectivity index (χ1) is 7.53. The monoisotopic (exact) mass is 228 g/mol. The lowest BCUT2D eigenvalue weighted by atomic mass is 9.88. The molecule has 0 aromatic rings. The zero-order chi connectivity index (χ0) is 12.6. The van der Waals surface area contributed by atoms with Gasteiger partial charge in [0.15, 0.2) is 0 Å². The van der Waals surface area contributed by atoms with Crippen LogP contribution in [0, 0.1) is 16.7 Å². The van der Waals surface area contributed by atoms with Crippen LogP contribution in [0.2, 0.25) is 0 Å². The van der Waals surface area contributed by atoms with Crippen LogP contribution < -0.4 is 5.32 Å². The number of carbonyl (C=O) groups is 1. The summed E-state index contributed by atoms with van der Waals surface area (Å²) < 4.78 is 4.93. The Morgan fingerprint density at radius 2 is 2.31 bits per heavy atom. The number of aliphatic hydroxyl groups excluding tert-OH is 1. The van der Waals surface area contributed by atoms with E-state index in [1.165, 1.54) is 7.11 Å². The highest BCUT2D eigenvalue weighted by Crippen LogP contribution is 2.19. The number of rotatable bonds is 7. The first-order valence-corrected chi connectivity index (χ1v) is 5.36. The van der Waals surface area contributed by atoms with Crippen molar-refractivity contribution in [2.45, 2.75) is 32.7 Å². The number of nitrogens with zero attached hydrogens (tertiary/aromatic N) is 1. The normalized spacial score (nSPS) is 15.9. The van der Waals surface area contributed by atoms with Crippen molar-refractivity contribution in [3.05, 3.63) is 0 Å². The average Bonchev–Trinajstić information content (AvgIpc) is 2.28. The maximum absolute atomic E-state index is 11.8. The van der Waals surface area contributed by atoms with Gasteiger partial charge >= 0.3 is 0 Å². The molecule has 0 saturated heterocycles. The lowest BCUT2D eigenvalue weighted by molar-refractivity contribution is -0.128. The van der Waals surface area contributed by atoms with Crippen LogP contribution in [0.5, 0.6) is 0 Å². The van der Waals surface area contributed by atoms with Crippen LogP contribution in [0.4, 0.5) is 0 Å². The molecule has 0 radical (unpaired) electrons. The van der Waals surface area contributed by atoms with E-state index in [4.69, 9.17) is 15.1 Å². The molecule has 0 fully saturated rings. The van der Waals surface area contributed by atoms with Gasteiger partial charge in [-0.15, -0.1) is 0 Å². The third kappa shape index (κ3) is 4.17. The predicted molar refractivity (Wildman–Crippen MR) is 59.5 cm³/mol. The van der Waals surface area contributed by atoms with Crippen molar-refractivity contribution < 1.29 is 14.6 Å². The van der Waals surface area contributed by atoms with Gasteiger partial charge in [-0.25, -0.2) is 0 Å². The summed E-state index contributed by atoms with van der Waals surface area (Å²) in [6.45, 7) is 3.70. The standard InChI is InChI=1S/C11H20N2O3/c1-4-11(2,8-12)10(15)13-9(5-6-14)7-16-3/h9,14H,4-7H2,1-3H3,(H,13,15). The summed E-state index contributed by atoms with van der Waals surface area (Å²) in [4.78, 5) is 11.8. The summed E-state index contributed by atoms with van der Waals surface area (Å²) in [5.74, 6) is -0.312. The number of ether oxygens (including phenoxy) is 1. The molecule has 2 unspecified atom stereocenters. The van der Waals surface area contributed by atoms with E-state index in [-0.39, 0.29) is 18.6 Å². The van der Waals surface area contributed by atoms with Crippen LogP contribution in [-0.2, 0) is 9.53 Å². The number of amides is 1. The highest BCUT2D eigenvalue weighted by molar-refractivity contribution is 5.85. The van der Waals surface area contributed by atoms with Crippen LogP contribution in [0.25, 0.3) is 0 Å². The number of hydrogen-bond donors (Lipinski definition) is 2. The highest BCUT2D eigenvalue weighted by Gasteiger charge is 2.32. The molecule has 5 nitrogen and oxygen atoms in total. The lowest BCUT2D eigenvalue weighted by Gasteiger charge is -2.23. The molecular weight excluding hydrogens is 208 g/mol. The van der Waals surface area contributed by atoms with Gasteiger partial charge in [-0.3, -0.25) is 4.79 Å². The zero-order valence-electron chi connectivity index (χ0n) is 10.1. The molecule has 2 atom stereocenters. The largest absolute Gasteiger partial charge is 0.396 e. The Morgan fingerprint density at radius 3 is 2.69 bits per heavy atom. The van der Waals surface area contributed by atoms with Crippen LogP contribution >= 0.6 is 0 Å². The van der Waals surface area contributed by atoms with Crippen molar-refractivity contribution in [1.82, 2.24) is 5.32 Å². The molecule has 1 amide bonds. The molecule has 5 heteroatoms. The molecule has 0 heterocycles. The maximum atomic E-state index is 11.8. The second-order valence-electron chi connectivity index (χ2n) is 3.94. The molecule has 0 aliphatic rings. The van der Waals surface area contributed by atoms with Gasteiger partial charge < -0.3 is 15.2 Å². The smallest absolute Gasteiger partial charge is 0.240 e. The van der Waals surface area contributed by atoms with E-state index in [9.17, 15) is 4.79 Å². The quantitative estimate of drug-likeness (QED) is 0.662. The second kappa shape index (κ2) is 7.20. The van der Waals surface area contributed by atoms with Gasteiger partial charge in [-0.05, 0) is 19.8 Å². The predicted octanol–water partition coefficient (Wildman–Crippen LogP) is 0.440. The van der Waals surface area contributed by atoms with E-state index >= 15 is 0 Å². The minimum atomic E-state index is -1.01. The number of nitriles is 1. The topological polar surface area (TPSA) is 82.4 Å². The van der Waals surface area contributed by atoms with Crippen molar-refractivity contribution in [2.75, 3.05) is 20.3 Å². The number of carbonyl (C=O) groups excluding carboxylic acids is 1. The van der Waals surface area contributed by atoms with Crippen molar-refractivity contribution in [3.8, 4) is 6.07 Å². The molecule has 0 aromatic carbocycles. The van der Waals surface area contributed by atoms with Gasteiger partial charge in [0, 0.05) is 13.7 Å². The Labute approximate surface area is 96.4 Å². The molecule has 0 aliphatic carbocycles. The summed E-state index contributed by atoms with van der Waals surface area (Å²) in [5.41, 5.74) is -1.01. The summed E-state index contributed by atoms with van der Waals surface area (Å²) in [6, 6.07) is 1.75. The van der Waals surface area contributed by atoms with E-state index in [2.05, 4.69) is 5.32 Å². The van der Waals surface area contributed by atoms with Gasteiger partial charge in [-0.2, -0.15) is 5.26 Å². The Bertz CT molecular complexity index is 256. The van der Waals surface area contributed by atoms with E-state index < -0.39 is 5.41 Å². The molecule has 0 rings (SSSR count). The molecule has 16 heavy (non-hydrogen) atoms. The fourth-order valence-corrected chi connectivity index (χ4v) is 1.19. The Morgan fingerprint density at radius 1 is 1.69 bits per heavy atom. The highest BCUT2D eigenvalue weighted by atomic mass is 16.5. The Hall–Kier alpha value is -1.12. The summed E-state index contributed by atoms with van der Waals surface area (Å²) in [6.07, 6.45) is 0.874. The van der Waals surface area contributed by atoms with E-state index in [0.717, 1.165) is 0 Å². The second-order valence-corrected chi connectivity index (χ2v) is 3.94. The molecule has 2 N–H and O–H groups in total. The van der Waals surface area contributed by atoms with Gasteiger partial charge in [0.1, 0.15) is 5.41 Å². The molecule has 0 bridgehead atoms. The molecule has 0 saturated carbocycles. The van der Waals surface area contributed by atoms with Crippen LogP contribution in [-0.4, -0.2) is 37.4 Å². The molecular formula is C11H20N2O3. The van der Waals surface area contributed by atoms with Crippen molar-refractivity contribution in [3.63, 3.8) is 0 Å². The fourth-order valence-electron chi connectivity index (χ4n) is 1.19. The van der Waals surface area contributed by atoms with Crippen LogP contribution in [0.15, 0.2) is 0 Å². The van der Waals surface area contributed by atoms with Gasteiger partial charge in [0.2, 0.25) is 5.91 Å². The van der Waals surface area contributed by atoms with Crippen molar-refractivity contribution in [1.29, 1.82) is 5.26 Å². The van der Waals surface area contributed by atoms with Crippen LogP contribution in [0.3, 0.4) is 0 Å². The zero-order valence-corrected chi connectivity index (χ0v) is 10.1. The molecule has 92 valence electrons. The minimum Gasteiger partial charge on any atom is -0.396 e. The van der Waals surface area contributed by atoms with Gasteiger partial charge in [-0.1, -0.05) is 6.92 Å². The summed E-state index contributed by atoms with van der Waals surface area (Å²) in [7, 11) is 1.53. The first kappa shape index (κ1) is 14.9. The maximum Gasteiger partial charge on any atom is 0.240 e. The van der Waals surface area contributed by atoms with E-state index in [0.29, 0.717) is 19.4 Å². The fraction of sp³-hybridized carbons (Fsp3) is 0.818. The van der Waals surface area contributed by atoms with E-state index in [1.54, 1.807) is 13.8 Å². The molecule has 0 aromatic heterocycles. The SMILES string of the molecule is CCC(C)(C#N)C(=O)NC(CCO)COC. The van der Waals surface area contributed by atoms with Gasteiger partial charge in [0.05, 0.1) is 18.7 Å². The van der Waals surface area contributed by atoms with Gasteiger partial charge in [0.25, 0.3) is 0 Å². The number of hydrogen-bond acceptors (Lipinski definition) is 4. The Kier molecular flexibility index (Phi) is 6.70. The number of nitrogens with one attached hydrogen (secondary N) is 1. The Balaban J connectivity index is 4.44. The third-order valence-corrected chi connectivity index (χ3v) is 2.64. The number of methoxy groups -OCH3 is 1. The average molecular weight is 228 g/mol. The lowest BCUT2D eigenvalue weighted by Crippen LogP contribution is -2.45. The third-order valence-electron chi connectivity index (χ3n) is 2.64. The first-order valence-electron chi connectivity index (χ1n) is 5.36. The summed E-state index contributed by atoms with van der Waals surface area (Å²) >= 11 is 0. The van der Waals surface area contributed by atoms with Crippen molar-refractivity contribution >= 4 is 5.91 Å².